The van der Waals surface area contributed by atoms with Gasteiger partial charge < -0.3 is 9.64 Å². The molecule has 0 spiro atoms. The second-order valence-electron chi connectivity index (χ2n) is 10.9. The van der Waals surface area contributed by atoms with Gasteiger partial charge in [0.05, 0.1) is 23.3 Å². The fourth-order valence-electron chi connectivity index (χ4n) is 5.47. The lowest BCUT2D eigenvalue weighted by Crippen LogP contribution is -2.49. The van der Waals surface area contributed by atoms with Crippen LogP contribution in [0.3, 0.4) is 0 Å². The predicted octanol–water partition coefficient (Wildman–Crippen LogP) is 7.48. The number of nitrogens with zero attached hydrogens (tertiary/aromatic N) is 2. The van der Waals surface area contributed by atoms with Crippen LogP contribution in [0.2, 0.25) is 0 Å². The van der Waals surface area contributed by atoms with Crippen LogP contribution < -0.4 is 19.3 Å². The van der Waals surface area contributed by atoms with Crippen LogP contribution in [0.1, 0.15) is 38.8 Å². The molecule has 6 rings (SSSR count). The van der Waals surface area contributed by atoms with Gasteiger partial charge in [-0.1, -0.05) is 77.9 Å². The number of anilines is 3. The highest BCUT2D eigenvalue weighted by Gasteiger charge is 2.40. The molecule has 1 amide bonds. The third-order valence-corrected chi connectivity index (χ3v) is 9.18. The number of sulfonamides is 1. The molecule has 222 valence electrons. The number of nitrogens with one attached hydrogen (secondary N) is 1. The quantitative estimate of drug-likeness (QED) is 0.199. The van der Waals surface area contributed by atoms with Crippen molar-refractivity contribution in [2.24, 2.45) is 0 Å². The number of fused-ring (bicyclic) bond motifs is 1. The van der Waals surface area contributed by atoms with Crippen molar-refractivity contribution in [2.45, 2.75) is 31.5 Å². The molecule has 1 heterocycles. The first-order valence-electron chi connectivity index (χ1n) is 14.3. The minimum Gasteiger partial charge on any atom is -0.497 e. The normalized spacial score (nSPS) is 14.7. The fourth-order valence-corrected chi connectivity index (χ4v) is 6.56. The van der Waals surface area contributed by atoms with E-state index in [9.17, 15) is 13.2 Å². The van der Waals surface area contributed by atoms with Gasteiger partial charge in [-0.15, -0.1) is 0 Å². The van der Waals surface area contributed by atoms with Gasteiger partial charge in [-0.05, 0) is 79.6 Å². The van der Waals surface area contributed by atoms with E-state index in [1.165, 1.54) is 6.07 Å². The minimum atomic E-state index is -3.97. The molecule has 0 saturated carbocycles. The zero-order valence-corrected chi connectivity index (χ0v) is 25.6. The zero-order valence-electron chi connectivity index (χ0n) is 24.8. The maximum absolute atomic E-state index is 14.5. The summed E-state index contributed by atoms with van der Waals surface area (Å²) in [7, 11) is -2.35. The van der Waals surface area contributed by atoms with Crippen LogP contribution in [0.5, 0.6) is 5.75 Å². The molecule has 0 saturated heterocycles. The number of benzene rings is 5. The molecule has 1 aliphatic heterocycles. The Morgan fingerprint density at radius 3 is 2.05 bits per heavy atom. The van der Waals surface area contributed by atoms with Crippen molar-refractivity contribution in [1.29, 1.82) is 0 Å². The summed E-state index contributed by atoms with van der Waals surface area (Å²) in [5.74, 6) is 0.421. The number of carbonyl (C=O) groups is 1. The topological polar surface area (TPSA) is 79.0 Å². The van der Waals surface area contributed by atoms with Crippen LogP contribution in [-0.4, -0.2) is 21.4 Å². The predicted molar refractivity (Wildman–Crippen MR) is 175 cm³/mol. The first kappa shape index (κ1) is 29.0. The summed E-state index contributed by atoms with van der Waals surface area (Å²) in [6, 6.07) is 37.4. The Labute approximate surface area is 258 Å². The first-order chi connectivity index (χ1) is 21.2. The van der Waals surface area contributed by atoms with E-state index in [-0.39, 0.29) is 10.8 Å². The Morgan fingerprint density at radius 1 is 0.773 bits per heavy atom. The van der Waals surface area contributed by atoms with Gasteiger partial charge >= 0.3 is 0 Å². The van der Waals surface area contributed by atoms with Crippen LogP contribution in [0.4, 0.5) is 17.1 Å². The van der Waals surface area contributed by atoms with Crippen molar-refractivity contribution in [3.63, 3.8) is 0 Å². The van der Waals surface area contributed by atoms with E-state index in [2.05, 4.69) is 9.62 Å². The van der Waals surface area contributed by atoms with Crippen molar-refractivity contribution < 1.29 is 17.9 Å². The molecule has 7 nitrogen and oxygen atoms in total. The number of hydrogen-bond acceptors (Lipinski definition) is 5. The standard InChI is InChI=1S/C36H33N3O4S/c1-25-9-15-29(16-10-25)37-44(41,42)32-21-22-34-33(23-32)36(40)39(30-17-11-26(2)12-18-30)35(28-13-19-31(43-3)20-14-28)38(34)24-27-7-5-4-6-8-27/h4-23,35,37H,24H2,1-3H3/t35-/m1/s1. The summed E-state index contributed by atoms with van der Waals surface area (Å²) in [6.07, 6.45) is -0.517. The van der Waals surface area contributed by atoms with Gasteiger partial charge in [0.25, 0.3) is 15.9 Å². The summed E-state index contributed by atoms with van der Waals surface area (Å²) in [4.78, 5) is 18.4. The smallest absolute Gasteiger partial charge is 0.262 e. The van der Waals surface area contributed by atoms with E-state index in [4.69, 9.17) is 4.74 Å². The van der Waals surface area contributed by atoms with Gasteiger partial charge in [0, 0.05) is 17.9 Å². The molecule has 0 aliphatic carbocycles. The third-order valence-electron chi connectivity index (χ3n) is 7.80. The summed E-state index contributed by atoms with van der Waals surface area (Å²) < 4.78 is 35.1. The van der Waals surface area contributed by atoms with E-state index in [0.29, 0.717) is 34.9 Å². The molecule has 0 aromatic heterocycles. The highest BCUT2D eigenvalue weighted by molar-refractivity contribution is 7.92. The number of amides is 1. The number of methoxy groups -OCH3 is 1. The van der Waals surface area contributed by atoms with E-state index >= 15 is 0 Å². The molecule has 8 heteroatoms. The van der Waals surface area contributed by atoms with Gasteiger partial charge in [0.1, 0.15) is 11.9 Å². The van der Waals surface area contributed by atoms with E-state index in [0.717, 1.165) is 22.3 Å². The third kappa shape index (κ3) is 5.76. The zero-order chi connectivity index (χ0) is 30.8. The lowest BCUT2D eigenvalue weighted by atomic mass is 9.98. The fraction of sp³-hybridized carbons (Fsp3) is 0.139. The Hall–Kier alpha value is -5.08. The maximum atomic E-state index is 14.5. The van der Waals surface area contributed by atoms with Gasteiger partial charge in [0.2, 0.25) is 0 Å². The number of rotatable bonds is 8. The van der Waals surface area contributed by atoms with Crippen LogP contribution in [0.15, 0.2) is 126 Å². The molecular weight excluding hydrogens is 570 g/mol. The van der Waals surface area contributed by atoms with E-state index in [1.54, 1.807) is 36.3 Å². The molecule has 0 unspecified atom stereocenters. The van der Waals surface area contributed by atoms with Crippen LogP contribution in [0.25, 0.3) is 0 Å². The molecule has 5 aromatic rings. The van der Waals surface area contributed by atoms with Gasteiger partial charge in [0.15, 0.2) is 0 Å². The second-order valence-corrected chi connectivity index (χ2v) is 12.6. The molecule has 0 radical (unpaired) electrons. The highest BCUT2D eigenvalue weighted by Crippen LogP contribution is 2.43. The maximum Gasteiger partial charge on any atom is 0.262 e. The number of ether oxygens (including phenoxy) is 1. The summed E-state index contributed by atoms with van der Waals surface area (Å²) in [5, 5.41) is 0. The summed E-state index contributed by atoms with van der Waals surface area (Å²) >= 11 is 0. The molecule has 1 aliphatic rings. The number of aryl methyl sites for hydroxylation is 2. The van der Waals surface area contributed by atoms with Gasteiger partial charge in [-0.25, -0.2) is 8.42 Å². The van der Waals surface area contributed by atoms with Crippen molar-refractivity contribution >= 4 is 33.0 Å². The van der Waals surface area contributed by atoms with Crippen molar-refractivity contribution in [1.82, 2.24) is 0 Å². The van der Waals surface area contributed by atoms with Gasteiger partial charge in [-0.2, -0.15) is 0 Å². The van der Waals surface area contributed by atoms with Crippen molar-refractivity contribution in [3.8, 4) is 5.75 Å². The molecule has 0 fully saturated rings. The Morgan fingerprint density at radius 2 is 1.41 bits per heavy atom. The monoisotopic (exact) mass is 603 g/mol. The van der Waals surface area contributed by atoms with Crippen molar-refractivity contribution in [3.05, 3.63) is 149 Å². The van der Waals surface area contributed by atoms with Crippen LogP contribution in [-0.2, 0) is 16.6 Å². The molecule has 0 bridgehead atoms. The number of hydrogen-bond donors (Lipinski definition) is 1. The molecule has 1 N–H and O–H groups in total. The Bertz CT molecular complexity index is 1890. The lowest BCUT2D eigenvalue weighted by molar-refractivity contribution is 0.0968. The average Bonchev–Trinajstić information content (AvgIpc) is 3.04. The Balaban J connectivity index is 1.51. The Kier molecular flexibility index (Phi) is 7.84. The first-order valence-corrected chi connectivity index (χ1v) is 15.8. The second kappa shape index (κ2) is 11.9. The number of carbonyl (C=O) groups excluding carboxylic acids is 1. The minimum absolute atomic E-state index is 0.0107. The largest absolute Gasteiger partial charge is 0.497 e. The molecular formula is C36H33N3O4S. The van der Waals surface area contributed by atoms with E-state index in [1.807, 2.05) is 105 Å². The summed E-state index contributed by atoms with van der Waals surface area (Å²) in [6.45, 7) is 4.42. The SMILES string of the molecule is COc1ccc([C@@H]2N(Cc3ccccc3)c3ccc(S(=O)(=O)Nc4ccc(C)cc4)cc3C(=O)N2c2ccc(C)cc2)cc1. The van der Waals surface area contributed by atoms with Crippen molar-refractivity contribution in [2.75, 3.05) is 21.6 Å². The van der Waals surface area contributed by atoms with Gasteiger partial charge in [-0.3, -0.25) is 14.4 Å². The lowest BCUT2D eigenvalue weighted by Gasteiger charge is -2.46. The molecule has 44 heavy (non-hydrogen) atoms. The average molecular weight is 604 g/mol. The van der Waals surface area contributed by atoms with E-state index < -0.39 is 16.2 Å². The molecule has 1 atom stereocenters. The highest BCUT2D eigenvalue weighted by atomic mass is 32.2. The van der Waals surface area contributed by atoms with Crippen LogP contribution >= 0.6 is 0 Å². The summed E-state index contributed by atoms with van der Waals surface area (Å²) in [5.41, 5.74) is 6.13. The molecule has 5 aromatic carbocycles. The van der Waals surface area contributed by atoms with Crippen LogP contribution in [0, 0.1) is 13.8 Å².